The van der Waals surface area contributed by atoms with Gasteiger partial charge in [-0.25, -0.2) is 0 Å². The van der Waals surface area contributed by atoms with E-state index in [9.17, 15) is 4.79 Å². The second kappa shape index (κ2) is 5.83. The Bertz CT molecular complexity index is 255. The van der Waals surface area contributed by atoms with Crippen molar-refractivity contribution >= 4 is 5.91 Å². The zero-order valence-corrected chi connectivity index (χ0v) is 11.0. The van der Waals surface area contributed by atoms with Crippen molar-refractivity contribution < 1.29 is 4.79 Å². The number of hydrogen-bond donors (Lipinski definition) is 2. The van der Waals surface area contributed by atoms with Gasteiger partial charge in [0.05, 0.1) is 6.54 Å². The molecule has 0 unspecified atom stereocenters. The van der Waals surface area contributed by atoms with Crippen LogP contribution in [-0.2, 0) is 4.79 Å². The molecule has 98 valence electrons. The first-order valence-electron chi connectivity index (χ1n) is 6.92. The second-order valence-corrected chi connectivity index (χ2v) is 5.63. The zero-order chi connectivity index (χ0) is 12.3. The molecule has 17 heavy (non-hydrogen) atoms. The third kappa shape index (κ3) is 4.28. The summed E-state index contributed by atoms with van der Waals surface area (Å²) in [6.45, 7) is 7.29. The van der Waals surface area contributed by atoms with Gasteiger partial charge in [0.25, 0.3) is 0 Å². The Morgan fingerprint density at radius 2 is 1.82 bits per heavy atom. The molecule has 1 saturated carbocycles. The smallest absolute Gasteiger partial charge is 0.234 e. The fraction of sp³-hybridized carbons (Fsp3) is 0.923. The predicted octanol–water partition coefficient (Wildman–Crippen LogP) is 0.727. The molecule has 2 N–H and O–H groups in total. The fourth-order valence-electron chi connectivity index (χ4n) is 2.36. The van der Waals surface area contributed by atoms with E-state index in [-0.39, 0.29) is 5.91 Å². The maximum Gasteiger partial charge on any atom is 0.234 e. The number of carbonyl (C=O) groups excluding carboxylic acids is 1. The SMILES string of the molecule is CC(C)N1CCC(NCC(=O)NC2CC2)CC1. The minimum absolute atomic E-state index is 0.166. The molecule has 0 bridgehead atoms. The first-order valence-corrected chi connectivity index (χ1v) is 6.92. The molecule has 0 aromatic rings. The summed E-state index contributed by atoms with van der Waals surface area (Å²) in [4.78, 5) is 14.0. The minimum atomic E-state index is 0.166. The molecule has 4 nitrogen and oxygen atoms in total. The van der Waals surface area contributed by atoms with Gasteiger partial charge in [0.1, 0.15) is 0 Å². The lowest BCUT2D eigenvalue weighted by Gasteiger charge is -2.34. The number of nitrogens with zero attached hydrogens (tertiary/aromatic N) is 1. The van der Waals surface area contributed by atoms with E-state index in [1.54, 1.807) is 0 Å². The van der Waals surface area contributed by atoms with E-state index < -0.39 is 0 Å². The first-order chi connectivity index (χ1) is 8.15. The highest BCUT2D eigenvalue weighted by Gasteiger charge is 2.24. The summed E-state index contributed by atoms with van der Waals surface area (Å²) < 4.78 is 0. The van der Waals surface area contributed by atoms with Crippen molar-refractivity contribution in [2.75, 3.05) is 19.6 Å². The van der Waals surface area contributed by atoms with Crippen LogP contribution in [0.2, 0.25) is 0 Å². The van der Waals surface area contributed by atoms with Gasteiger partial charge in [-0.2, -0.15) is 0 Å². The molecule has 2 aliphatic rings. The fourth-order valence-corrected chi connectivity index (χ4v) is 2.36. The van der Waals surface area contributed by atoms with Crippen LogP contribution < -0.4 is 10.6 Å². The summed E-state index contributed by atoms with van der Waals surface area (Å²) in [5, 5.41) is 6.38. The second-order valence-electron chi connectivity index (χ2n) is 5.63. The van der Waals surface area contributed by atoms with Crippen molar-refractivity contribution in [1.82, 2.24) is 15.5 Å². The van der Waals surface area contributed by atoms with Crippen molar-refractivity contribution in [1.29, 1.82) is 0 Å². The van der Waals surface area contributed by atoms with Crippen LogP contribution >= 0.6 is 0 Å². The van der Waals surface area contributed by atoms with E-state index in [1.165, 1.54) is 12.8 Å². The number of carbonyl (C=O) groups is 1. The van der Waals surface area contributed by atoms with E-state index in [2.05, 4.69) is 29.4 Å². The number of amides is 1. The van der Waals surface area contributed by atoms with Crippen LogP contribution in [0.5, 0.6) is 0 Å². The van der Waals surface area contributed by atoms with Crippen molar-refractivity contribution in [3.05, 3.63) is 0 Å². The Kier molecular flexibility index (Phi) is 4.40. The highest BCUT2D eigenvalue weighted by molar-refractivity contribution is 5.78. The normalized spacial score (nSPS) is 23.0. The Morgan fingerprint density at radius 3 is 2.35 bits per heavy atom. The van der Waals surface area contributed by atoms with Gasteiger partial charge in [-0.15, -0.1) is 0 Å². The number of nitrogens with one attached hydrogen (secondary N) is 2. The Hall–Kier alpha value is -0.610. The molecule has 2 fully saturated rings. The zero-order valence-electron chi connectivity index (χ0n) is 11.0. The molecule has 1 heterocycles. The van der Waals surface area contributed by atoms with E-state index in [1.807, 2.05) is 0 Å². The maximum atomic E-state index is 11.5. The number of hydrogen-bond acceptors (Lipinski definition) is 3. The number of likely N-dealkylation sites (tertiary alicyclic amines) is 1. The molecule has 0 aromatic carbocycles. The van der Waals surface area contributed by atoms with Gasteiger partial charge in [-0.3, -0.25) is 4.79 Å². The van der Waals surface area contributed by atoms with Crippen molar-refractivity contribution in [2.45, 2.75) is 57.7 Å². The van der Waals surface area contributed by atoms with E-state index in [4.69, 9.17) is 0 Å². The number of rotatable bonds is 5. The molecular formula is C13H25N3O. The molecule has 0 atom stereocenters. The van der Waals surface area contributed by atoms with Crippen LogP contribution in [0.15, 0.2) is 0 Å². The van der Waals surface area contributed by atoms with Crippen molar-refractivity contribution in [3.8, 4) is 0 Å². The summed E-state index contributed by atoms with van der Waals surface area (Å²) in [6.07, 6.45) is 4.65. The van der Waals surface area contributed by atoms with Gasteiger partial charge in [0.2, 0.25) is 5.91 Å². The van der Waals surface area contributed by atoms with Crippen LogP contribution in [0.1, 0.15) is 39.5 Å². The van der Waals surface area contributed by atoms with Gasteiger partial charge in [-0.1, -0.05) is 0 Å². The largest absolute Gasteiger partial charge is 0.352 e. The summed E-state index contributed by atoms with van der Waals surface area (Å²) in [7, 11) is 0. The lowest BCUT2D eigenvalue weighted by atomic mass is 10.0. The Morgan fingerprint density at radius 1 is 1.18 bits per heavy atom. The highest BCUT2D eigenvalue weighted by Crippen LogP contribution is 2.18. The van der Waals surface area contributed by atoms with E-state index in [0.717, 1.165) is 25.9 Å². The molecule has 1 saturated heterocycles. The summed E-state index contributed by atoms with van der Waals surface area (Å²) in [5.41, 5.74) is 0. The van der Waals surface area contributed by atoms with Crippen LogP contribution in [-0.4, -0.2) is 48.6 Å². The highest BCUT2D eigenvalue weighted by atomic mass is 16.2. The average molecular weight is 239 g/mol. The molecule has 4 heteroatoms. The van der Waals surface area contributed by atoms with Gasteiger partial charge in [-0.05, 0) is 52.6 Å². The lowest BCUT2D eigenvalue weighted by molar-refractivity contribution is -0.120. The van der Waals surface area contributed by atoms with Crippen LogP contribution in [0, 0.1) is 0 Å². The van der Waals surface area contributed by atoms with Crippen molar-refractivity contribution in [2.24, 2.45) is 0 Å². The number of piperidine rings is 1. The van der Waals surface area contributed by atoms with E-state index in [0.29, 0.717) is 24.7 Å². The van der Waals surface area contributed by atoms with Gasteiger partial charge in [0, 0.05) is 18.1 Å². The first kappa shape index (κ1) is 12.8. The Labute approximate surface area is 104 Å². The molecule has 0 radical (unpaired) electrons. The third-order valence-corrected chi connectivity index (χ3v) is 3.75. The maximum absolute atomic E-state index is 11.5. The van der Waals surface area contributed by atoms with Crippen LogP contribution in [0.25, 0.3) is 0 Å². The lowest BCUT2D eigenvalue weighted by Crippen LogP contribution is -2.47. The summed E-state index contributed by atoms with van der Waals surface area (Å²) in [5.74, 6) is 0.166. The summed E-state index contributed by atoms with van der Waals surface area (Å²) >= 11 is 0. The molecule has 0 aromatic heterocycles. The molecule has 0 spiro atoms. The standard InChI is InChI=1S/C13H25N3O/c1-10(2)16-7-5-11(6-8-16)14-9-13(17)15-12-3-4-12/h10-12,14H,3-9H2,1-2H3,(H,15,17). The topological polar surface area (TPSA) is 44.4 Å². The molecule has 1 aliphatic carbocycles. The molecule has 1 aliphatic heterocycles. The van der Waals surface area contributed by atoms with E-state index >= 15 is 0 Å². The molecular weight excluding hydrogens is 214 g/mol. The van der Waals surface area contributed by atoms with Crippen molar-refractivity contribution in [3.63, 3.8) is 0 Å². The predicted molar refractivity (Wildman–Crippen MR) is 68.9 cm³/mol. The Balaban J connectivity index is 1.59. The van der Waals surface area contributed by atoms with Gasteiger partial charge < -0.3 is 15.5 Å². The van der Waals surface area contributed by atoms with Crippen LogP contribution in [0.4, 0.5) is 0 Å². The molecule has 1 amide bonds. The molecule has 2 rings (SSSR count). The average Bonchev–Trinajstić information content (AvgIpc) is 3.11. The van der Waals surface area contributed by atoms with Gasteiger partial charge >= 0.3 is 0 Å². The quantitative estimate of drug-likeness (QED) is 0.743. The third-order valence-electron chi connectivity index (χ3n) is 3.75. The summed E-state index contributed by atoms with van der Waals surface area (Å²) in [6, 6.07) is 1.65. The monoisotopic (exact) mass is 239 g/mol. The van der Waals surface area contributed by atoms with Gasteiger partial charge in [0.15, 0.2) is 0 Å². The minimum Gasteiger partial charge on any atom is -0.352 e. The van der Waals surface area contributed by atoms with Crippen LogP contribution in [0.3, 0.4) is 0 Å².